The van der Waals surface area contributed by atoms with E-state index >= 15 is 0 Å². The lowest BCUT2D eigenvalue weighted by molar-refractivity contribution is -0.384. The average Bonchev–Trinajstić information content (AvgIpc) is 2.36. The number of aliphatic hydroxyl groups is 2. The van der Waals surface area contributed by atoms with E-state index in [0.717, 1.165) is 0 Å². The molecule has 8 heteroatoms. The molecule has 1 unspecified atom stereocenters. The minimum Gasteiger partial charge on any atom is -0.431 e. The number of carbonyl (C=O) groups is 1. The van der Waals surface area contributed by atoms with Gasteiger partial charge in [0, 0.05) is 12.1 Å². The molecule has 0 saturated carbocycles. The summed E-state index contributed by atoms with van der Waals surface area (Å²) >= 11 is 0. The molecule has 0 bridgehead atoms. The van der Waals surface area contributed by atoms with E-state index in [2.05, 4.69) is 9.47 Å². The molecule has 8 nitrogen and oxygen atoms in total. The monoisotopic (exact) mass is 257 g/mol. The van der Waals surface area contributed by atoms with Crippen molar-refractivity contribution in [1.82, 2.24) is 0 Å². The van der Waals surface area contributed by atoms with Gasteiger partial charge in [-0.25, -0.2) is 4.79 Å². The van der Waals surface area contributed by atoms with E-state index in [9.17, 15) is 14.9 Å². The van der Waals surface area contributed by atoms with Gasteiger partial charge in [-0.3, -0.25) is 10.1 Å². The minimum absolute atomic E-state index is 0.0732. The van der Waals surface area contributed by atoms with Crippen LogP contribution in [-0.4, -0.2) is 40.6 Å². The third-order valence-electron chi connectivity index (χ3n) is 1.85. The Bertz CT molecular complexity index is 417. The van der Waals surface area contributed by atoms with E-state index in [1.807, 2.05) is 0 Å². The highest BCUT2D eigenvalue weighted by atomic mass is 16.7. The summed E-state index contributed by atoms with van der Waals surface area (Å²) in [6, 6.07) is 4.82. The van der Waals surface area contributed by atoms with Crippen LogP contribution >= 0.6 is 0 Å². The van der Waals surface area contributed by atoms with Crippen LogP contribution in [0.15, 0.2) is 24.3 Å². The number of ether oxygens (including phenoxy) is 2. The molecule has 0 fully saturated rings. The number of nitrogens with zero attached hydrogens (tertiary/aromatic N) is 1. The van der Waals surface area contributed by atoms with Gasteiger partial charge in [-0.1, -0.05) is 0 Å². The molecule has 98 valence electrons. The van der Waals surface area contributed by atoms with Crippen molar-refractivity contribution >= 4 is 11.8 Å². The summed E-state index contributed by atoms with van der Waals surface area (Å²) in [7, 11) is 0. The quantitative estimate of drug-likeness (QED) is 0.340. The highest BCUT2D eigenvalue weighted by molar-refractivity contribution is 5.64. The third kappa shape index (κ3) is 4.36. The molecule has 0 aliphatic carbocycles. The molecule has 1 atom stereocenters. The fourth-order valence-electron chi connectivity index (χ4n) is 0.979. The molecule has 0 radical (unpaired) electrons. The normalized spacial score (nSPS) is 11.7. The number of carbonyl (C=O) groups excluding carboxylic acids is 1. The van der Waals surface area contributed by atoms with Crippen LogP contribution in [-0.2, 0) is 4.74 Å². The van der Waals surface area contributed by atoms with Gasteiger partial charge in [0.05, 0.1) is 11.5 Å². The number of non-ortho nitro benzene ring substituents is 1. The van der Waals surface area contributed by atoms with Gasteiger partial charge < -0.3 is 19.7 Å². The first-order chi connectivity index (χ1) is 8.52. The summed E-state index contributed by atoms with van der Waals surface area (Å²) < 4.78 is 9.14. The van der Waals surface area contributed by atoms with Crippen LogP contribution < -0.4 is 4.74 Å². The third-order valence-corrected chi connectivity index (χ3v) is 1.85. The van der Waals surface area contributed by atoms with E-state index in [-0.39, 0.29) is 11.4 Å². The predicted octanol–water partition coefficient (Wildman–Crippen LogP) is 0.463. The number of rotatable bonds is 5. The SMILES string of the molecule is O=C(OCC(O)CO)Oc1ccc([N+](=O)[O-])cc1. The lowest BCUT2D eigenvalue weighted by atomic mass is 10.3. The summed E-state index contributed by atoms with van der Waals surface area (Å²) in [5.41, 5.74) is -0.133. The lowest BCUT2D eigenvalue weighted by Crippen LogP contribution is -2.23. The van der Waals surface area contributed by atoms with E-state index in [0.29, 0.717) is 0 Å². The van der Waals surface area contributed by atoms with Crippen LogP contribution in [0.5, 0.6) is 5.75 Å². The molecule has 0 spiro atoms. The standard InChI is InChI=1S/C10H11NO7/c12-5-8(13)6-17-10(14)18-9-3-1-7(2-4-9)11(15)16/h1-4,8,12-13H,5-6H2. The fourth-order valence-corrected chi connectivity index (χ4v) is 0.979. The van der Waals surface area contributed by atoms with Crippen molar-refractivity contribution in [3.8, 4) is 5.75 Å². The van der Waals surface area contributed by atoms with E-state index in [4.69, 9.17) is 10.2 Å². The molecule has 1 rings (SSSR count). The predicted molar refractivity (Wildman–Crippen MR) is 58.2 cm³/mol. The van der Waals surface area contributed by atoms with Gasteiger partial charge in [-0.15, -0.1) is 0 Å². The van der Waals surface area contributed by atoms with Crippen molar-refractivity contribution in [2.24, 2.45) is 0 Å². The van der Waals surface area contributed by atoms with Crippen LogP contribution in [0.25, 0.3) is 0 Å². The van der Waals surface area contributed by atoms with E-state index < -0.39 is 30.4 Å². The topological polar surface area (TPSA) is 119 Å². The van der Waals surface area contributed by atoms with Crippen molar-refractivity contribution in [3.63, 3.8) is 0 Å². The van der Waals surface area contributed by atoms with Crippen LogP contribution in [0, 0.1) is 10.1 Å². The van der Waals surface area contributed by atoms with Gasteiger partial charge in [0.1, 0.15) is 18.5 Å². The highest BCUT2D eigenvalue weighted by Gasteiger charge is 2.11. The van der Waals surface area contributed by atoms with Crippen LogP contribution in [0.4, 0.5) is 10.5 Å². The molecule has 2 N–H and O–H groups in total. The largest absolute Gasteiger partial charge is 0.513 e. The smallest absolute Gasteiger partial charge is 0.431 e. The number of nitro benzene ring substituents is 1. The Kier molecular flexibility index (Phi) is 5.03. The molecule has 0 amide bonds. The van der Waals surface area contributed by atoms with Gasteiger partial charge in [0.25, 0.3) is 5.69 Å². The van der Waals surface area contributed by atoms with Crippen molar-refractivity contribution in [1.29, 1.82) is 0 Å². The Balaban J connectivity index is 2.47. The number of hydrogen-bond acceptors (Lipinski definition) is 7. The molecule has 0 aliphatic heterocycles. The van der Waals surface area contributed by atoms with Crippen LogP contribution in [0.2, 0.25) is 0 Å². The number of hydrogen-bond donors (Lipinski definition) is 2. The Morgan fingerprint density at radius 1 is 1.39 bits per heavy atom. The summed E-state index contributed by atoms with van der Waals surface area (Å²) in [6.07, 6.45) is -2.24. The first-order valence-electron chi connectivity index (χ1n) is 4.91. The summed E-state index contributed by atoms with van der Waals surface area (Å²) in [5.74, 6) is 0.0732. The molecular weight excluding hydrogens is 246 g/mol. The summed E-state index contributed by atoms with van der Waals surface area (Å²) in [4.78, 5) is 20.9. The highest BCUT2D eigenvalue weighted by Crippen LogP contribution is 2.17. The fraction of sp³-hybridized carbons (Fsp3) is 0.300. The Morgan fingerprint density at radius 2 is 2.00 bits per heavy atom. The Labute approximate surface area is 102 Å². The van der Waals surface area contributed by atoms with Crippen molar-refractivity contribution in [2.75, 3.05) is 13.2 Å². The van der Waals surface area contributed by atoms with Crippen molar-refractivity contribution in [2.45, 2.75) is 6.10 Å². The van der Waals surface area contributed by atoms with Gasteiger partial charge in [-0.05, 0) is 12.1 Å². The van der Waals surface area contributed by atoms with E-state index in [1.54, 1.807) is 0 Å². The zero-order valence-corrected chi connectivity index (χ0v) is 9.18. The molecule has 18 heavy (non-hydrogen) atoms. The summed E-state index contributed by atoms with van der Waals surface area (Å²) in [6.45, 7) is -0.937. The second kappa shape index (κ2) is 6.52. The first kappa shape index (κ1) is 13.9. The zero-order chi connectivity index (χ0) is 13.5. The van der Waals surface area contributed by atoms with Gasteiger partial charge >= 0.3 is 6.16 Å². The van der Waals surface area contributed by atoms with Crippen molar-refractivity contribution < 1.29 is 29.4 Å². The molecule has 0 aromatic heterocycles. The molecule has 0 heterocycles. The molecule has 1 aromatic rings. The molecular formula is C10H11NO7. The van der Waals surface area contributed by atoms with Gasteiger partial charge in [0.2, 0.25) is 0 Å². The van der Waals surface area contributed by atoms with Crippen LogP contribution in [0.1, 0.15) is 0 Å². The van der Waals surface area contributed by atoms with Crippen LogP contribution in [0.3, 0.4) is 0 Å². The first-order valence-corrected chi connectivity index (χ1v) is 4.91. The lowest BCUT2D eigenvalue weighted by Gasteiger charge is -2.08. The maximum Gasteiger partial charge on any atom is 0.513 e. The van der Waals surface area contributed by atoms with Gasteiger partial charge in [0.15, 0.2) is 0 Å². The Morgan fingerprint density at radius 3 is 2.50 bits per heavy atom. The number of nitro groups is 1. The zero-order valence-electron chi connectivity index (χ0n) is 9.18. The molecule has 0 aliphatic rings. The van der Waals surface area contributed by atoms with E-state index in [1.165, 1.54) is 24.3 Å². The second-order valence-electron chi connectivity index (χ2n) is 3.25. The number of aliphatic hydroxyl groups excluding tert-OH is 2. The second-order valence-corrected chi connectivity index (χ2v) is 3.25. The average molecular weight is 257 g/mol. The van der Waals surface area contributed by atoms with Gasteiger partial charge in [-0.2, -0.15) is 0 Å². The minimum atomic E-state index is -1.17. The maximum absolute atomic E-state index is 11.1. The van der Waals surface area contributed by atoms with Crippen molar-refractivity contribution in [3.05, 3.63) is 34.4 Å². The molecule has 0 saturated heterocycles. The molecule has 1 aromatic carbocycles. The number of benzene rings is 1. The Hall–Kier alpha value is -2.19. The summed E-state index contributed by atoms with van der Waals surface area (Å²) in [5, 5.41) is 27.8. The maximum atomic E-state index is 11.1.